The van der Waals surface area contributed by atoms with Crippen LogP contribution < -0.4 is 11.1 Å². The van der Waals surface area contributed by atoms with E-state index in [4.69, 9.17) is 5.73 Å². The van der Waals surface area contributed by atoms with Crippen molar-refractivity contribution in [3.05, 3.63) is 35.9 Å². The van der Waals surface area contributed by atoms with E-state index >= 15 is 0 Å². The number of carbonyl (C=O) groups is 1. The molecule has 1 aromatic carbocycles. The largest absolute Gasteiger partial charge is 0.354 e. The number of carbonyl (C=O) groups excluding carboxylic acids is 1. The van der Waals surface area contributed by atoms with E-state index in [2.05, 4.69) is 5.32 Å². The van der Waals surface area contributed by atoms with Gasteiger partial charge in [0.2, 0.25) is 5.91 Å². The highest BCUT2D eigenvalue weighted by atomic mass is 16.1. The molecule has 1 aromatic rings. The van der Waals surface area contributed by atoms with Crippen LogP contribution in [0.1, 0.15) is 32.3 Å². The molecule has 3 heteroatoms. The van der Waals surface area contributed by atoms with Crippen LogP contribution in [0.3, 0.4) is 0 Å². The second kappa shape index (κ2) is 5.12. The summed E-state index contributed by atoms with van der Waals surface area (Å²) in [4.78, 5) is 11.8. The molecular formula is C13H20N2O. The van der Waals surface area contributed by atoms with Crippen LogP contribution in [-0.2, 0) is 4.79 Å². The summed E-state index contributed by atoms with van der Waals surface area (Å²) in [5.41, 5.74) is 6.46. The molecule has 3 N–H and O–H groups in total. The average Bonchev–Trinajstić information content (AvgIpc) is 2.25. The quantitative estimate of drug-likeness (QED) is 0.810. The molecule has 88 valence electrons. The fourth-order valence-electron chi connectivity index (χ4n) is 1.36. The molecule has 0 saturated heterocycles. The molecule has 1 unspecified atom stereocenters. The maximum atomic E-state index is 11.8. The van der Waals surface area contributed by atoms with Gasteiger partial charge in [0.25, 0.3) is 0 Å². The molecule has 0 saturated carbocycles. The molecule has 0 aliphatic carbocycles. The molecule has 0 aliphatic rings. The zero-order valence-corrected chi connectivity index (χ0v) is 10.2. The van der Waals surface area contributed by atoms with Gasteiger partial charge in [-0.2, -0.15) is 0 Å². The molecule has 0 aromatic heterocycles. The van der Waals surface area contributed by atoms with Crippen LogP contribution in [0.25, 0.3) is 0 Å². The smallest absolute Gasteiger partial charge is 0.227 e. The van der Waals surface area contributed by atoms with Crippen LogP contribution in [0.4, 0.5) is 0 Å². The van der Waals surface area contributed by atoms with Gasteiger partial charge in [-0.25, -0.2) is 0 Å². The molecule has 1 rings (SSSR count). The lowest BCUT2D eigenvalue weighted by molar-refractivity contribution is -0.122. The van der Waals surface area contributed by atoms with Gasteiger partial charge in [-0.1, -0.05) is 30.3 Å². The Morgan fingerprint density at radius 2 is 1.94 bits per heavy atom. The molecule has 1 atom stereocenters. The summed E-state index contributed by atoms with van der Waals surface area (Å²) in [6, 6.07) is 9.73. The highest BCUT2D eigenvalue weighted by Gasteiger charge is 2.17. The Labute approximate surface area is 97.0 Å². The number of amides is 1. The second-order valence-electron chi connectivity index (χ2n) is 4.84. The van der Waals surface area contributed by atoms with Crippen molar-refractivity contribution in [2.75, 3.05) is 6.54 Å². The Bertz CT molecular complexity index is 341. The van der Waals surface area contributed by atoms with Crippen LogP contribution in [0, 0.1) is 0 Å². The van der Waals surface area contributed by atoms with Crippen LogP contribution in [0.2, 0.25) is 0 Å². The molecular weight excluding hydrogens is 200 g/mol. The van der Waals surface area contributed by atoms with Crippen molar-refractivity contribution in [1.29, 1.82) is 0 Å². The Morgan fingerprint density at radius 1 is 1.38 bits per heavy atom. The average molecular weight is 220 g/mol. The summed E-state index contributed by atoms with van der Waals surface area (Å²) in [5, 5.41) is 2.86. The van der Waals surface area contributed by atoms with E-state index in [1.54, 1.807) is 0 Å². The summed E-state index contributed by atoms with van der Waals surface area (Å²) < 4.78 is 0. The Kier molecular flexibility index (Phi) is 4.07. The fraction of sp³-hybridized carbons (Fsp3) is 0.462. The van der Waals surface area contributed by atoms with E-state index in [1.807, 2.05) is 51.1 Å². The summed E-state index contributed by atoms with van der Waals surface area (Å²) in [5.74, 6) is -0.117. The molecule has 0 heterocycles. The van der Waals surface area contributed by atoms with Gasteiger partial charge in [0.15, 0.2) is 0 Å². The fourth-order valence-corrected chi connectivity index (χ4v) is 1.36. The molecule has 0 spiro atoms. The van der Waals surface area contributed by atoms with E-state index in [-0.39, 0.29) is 17.4 Å². The van der Waals surface area contributed by atoms with Crippen LogP contribution in [0.15, 0.2) is 30.3 Å². The monoisotopic (exact) mass is 220 g/mol. The van der Waals surface area contributed by atoms with E-state index in [0.29, 0.717) is 6.54 Å². The molecule has 16 heavy (non-hydrogen) atoms. The van der Waals surface area contributed by atoms with Gasteiger partial charge >= 0.3 is 0 Å². The minimum absolute atomic E-state index is 0.0183. The van der Waals surface area contributed by atoms with Crippen molar-refractivity contribution < 1.29 is 4.79 Å². The number of hydrogen-bond donors (Lipinski definition) is 2. The van der Waals surface area contributed by atoms with Crippen molar-refractivity contribution in [1.82, 2.24) is 5.32 Å². The molecule has 0 bridgehead atoms. The Morgan fingerprint density at radius 3 is 2.44 bits per heavy atom. The lowest BCUT2D eigenvalue weighted by Crippen LogP contribution is -2.46. The predicted molar refractivity (Wildman–Crippen MR) is 66.1 cm³/mol. The third-order valence-corrected chi connectivity index (χ3v) is 2.41. The van der Waals surface area contributed by atoms with Crippen molar-refractivity contribution >= 4 is 5.91 Å². The van der Waals surface area contributed by atoms with Gasteiger partial charge in [0.05, 0.1) is 5.92 Å². The second-order valence-corrected chi connectivity index (χ2v) is 4.84. The summed E-state index contributed by atoms with van der Waals surface area (Å²) >= 11 is 0. The van der Waals surface area contributed by atoms with E-state index < -0.39 is 0 Å². The van der Waals surface area contributed by atoms with Gasteiger partial charge in [0, 0.05) is 12.1 Å². The first-order valence-electron chi connectivity index (χ1n) is 5.52. The van der Waals surface area contributed by atoms with E-state index in [1.165, 1.54) is 0 Å². The normalized spacial score (nSPS) is 13.2. The summed E-state index contributed by atoms with van der Waals surface area (Å²) in [6.07, 6.45) is 0. The van der Waals surface area contributed by atoms with Crippen molar-refractivity contribution in [2.45, 2.75) is 32.2 Å². The highest BCUT2D eigenvalue weighted by Crippen LogP contribution is 2.14. The molecule has 0 fully saturated rings. The number of benzene rings is 1. The topological polar surface area (TPSA) is 55.1 Å². The van der Waals surface area contributed by atoms with Crippen LogP contribution in [0.5, 0.6) is 0 Å². The maximum Gasteiger partial charge on any atom is 0.227 e. The molecule has 1 amide bonds. The number of hydrogen-bond acceptors (Lipinski definition) is 2. The van der Waals surface area contributed by atoms with E-state index in [0.717, 1.165) is 5.56 Å². The zero-order chi connectivity index (χ0) is 12.2. The first-order chi connectivity index (χ1) is 7.40. The molecule has 0 radical (unpaired) electrons. The number of nitrogens with one attached hydrogen (secondary N) is 1. The first kappa shape index (κ1) is 12.7. The van der Waals surface area contributed by atoms with Gasteiger partial charge in [-0.15, -0.1) is 0 Å². The Hall–Kier alpha value is -1.35. The van der Waals surface area contributed by atoms with Gasteiger partial charge in [-0.3, -0.25) is 4.79 Å². The lowest BCUT2D eigenvalue weighted by Gasteiger charge is -2.20. The van der Waals surface area contributed by atoms with Crippen molar-refractivity contribution in [3.63, 3.8) is 0 Å². The minimum atomic E-state index is -0.369. The SMILES string of the molecule is CC(C(=O)NCC(C)(C)N)c1ccccc1. The van der Waals surface area contributed by atoms with Crippen molar-refractivity contribution in [2.24, 2.45) is 5.73 Å². The summed E-state index contributed by atoms with van der Waals surface area (Å²) in [6.45, 7) is 6.16. The third kappa shape index (κ3) is 4.03. The van der Waals surface area contributed by atoms with E-state index in [9.17, 15) is 4.79 Å². The number of nitrogens with two attached hydrogens (primary N) is 1. The van der Waals surface area contributed by atoms with Crippen molar-refractivity contribution in [3.8, 4) is 0 Å². The maximum absolute atomic E-state index is 11.8. The van der Waals surface area contributed by atoms with Crippen LogP contribution in [-0.4, -0.2) is 18.0 Å². The predicted octanol–water partition coefficient (Wildman–Crippen LogP) is 1.64. The van der Waals surface area contributed by atoms with Gasteiger partial charge in [-0.05, 0) is 26.3 Å². The third-order valence-electron chi connectivity index (χ3n) is 2.41. The summed E-state index contributed by atoms with van der Waals surface area (Å²) in [7, 11) is 0. The van der Waals surface area contributed by atoms with Crippen LogP contribution >= 0.6 is 0 Å². The molecule has 0 aliphatic heterocycles. The standard InChI is InChI=1S/C13H20N2O/c1-10(11-7-5-4-6-8-11)12(16)15-9-13(2,3)14/h4-8,10H,9,14H2,1-3H3,(H,15,16). The lowest BCUT2D eigenvalue weighted by atomic mass is 10.00. The Balaban J connectivity index is 2.55. The zero-order valence-electron chi connectivity index (χ0n) is 10.2. The van der Waals surface area contributed by atoms with Gasteiger partial charge < -0.3 is 11.1 Å². The minimum Gasteiger partial charge on any atom is -0.354 e. The number of rotatable bonds is 4. The highest BCUT2D eigenvalue weighted by molar-refractivity contribution is 5.83. The van der Waals surface area contributed by atoms with Gasteiger partial charge in [0.1, 0.15) is 0 Å². The molecule has 3 nitrogen and oxygen atoms in total. The first-order valence-corrected chi connectivity index (χ1v) is 5.52.